The maximum absolute atomic E-state index is 15.2. The zero-order chi connectivity index (χ0) is 23.9. The Kier molecular flexibility index (Phi) is 6.32. The van der Waals surface area contributed by atoms with E-state index < -0.39 is 46.0 Å². The first-order valence-corrected chi connectivity index (χ1v) is 10.6. The Morgan fingerprint density at radius 3 is 2.39 bits per heavy atom. The van der Waals surface area contributed by atoms with Gasteiger partial charge in [0.2, 0.25) is 0 Å². The van der Waals surface area contributed by atoms with Crippen molar-refractivity contribution in [1.29, 1.82) is 0 Å². The summed E-state index contributed by atoms with van der Waals surface area (Å²) in [4.78, 5) is 9.74. The average Bonchev–Trinajstić information content (AvgIpc) is 3.14. The fraction of sp³-hybridized carbons (Fsp3) is 0.450. The van der Waals surface area contributed by atoms with Gasteiger partial charge in [0.05, 0.1) is 11.1 Å². The number of rotatable bonds is 7. The smallest absolute Gasteiger partial charge is 0.408 e. The quantitative estimate of drug-likeness (QED) is 0.375. The van der Waals surface area contributed by atoms with E-state index >= 15 is 8.78 Å². The molecule has 4 rings (SSSR count). The molecule has 0 saturated carbocycles. The number of alkyl halides is 3. The van der Waals surface area contributed by atoms with Crippen molar-refractivity contribution in [2.75, 3.05) is 18.4 Å². The number of fused-ring (bicyclic) bond motifs is 1. The van der Waals surface area contributed by atoms with Gasteiger partial charge in [-0.3, -0.25) is 4.90 Å². The van der Waals surface area contributed by atoms with Crippen LogP contribution in [-0.4, -0.2) is 56.0 Å². The number of hydrogen-bond acceptors (Lipinski definition) is 6. The van der Waals surface area contributed by atoms with Crippen molar-refractivity contribution < 1.29 is 26.7 Å². The monoisotopic (exact) mass is 490 g/mol. The van der Waals surface area contributed by atoms with E-state index in [2.05, 4.69) is 20.4 Å². The van der Waals surface area contributed by atoms with Crippen LogP contribution in [0.4, 0.5) is 27.8 Å². The molecule has 7 nitrogen and oxygen atoms in total. The van der Waals surface area contributed by atoms with Gasteiger partial charge < -0.3 is 10.1 Å². The standard InChI is InChI=1S/C20H20ClF5N6O/c1-3-14(31-5-4-6-31)33-11-7-12(22)15(13(23)8-11)16-17(21)30-19-27-9-28-32(19)18(16)29-10(2)20(24,25)26/h7-10,14,29H,3-6H2,1-2H3/t10-,14?/m0/s1. The van der Waals surface area contributed by atoms with Crippen molar-refractivity contribution in [3.63, 3.8) is 0 Å². The summed E-state index contributed by atoms with van der Waals surface area (Å²) in [6.45, 7) is 4.40. The maximum atomic E-state index is 15.2. The van der Waals surface area contributed by atoms with E-state index in [1.165, 1.54) is 0 Å². The largest absolute Gasteiger partial charge is 0.475 e. The van der Waals surface area contributed by atoms with Gasteiger partial charge in [0.15, 0.2) is 6.23 Å². The first-order valence-electron chi connectivity index (χ1n) is 10.2. The number of nitrogens with one attached hydrogen (secondary N) is 1. The third-order valence-corrected chi connectivity index (χ3v) is 5.69. The number of benzene rings is 1. The SMILES string of the molecule is CCC(Oc1cc(F)c(-c2c(Cl)nc3ncnn3c2N[C@@H](C)C(F)(F)F)c(F)c1)N1CCC1. The van der Waals surface area contributed by atoms with Gasteiger partial charge in [0.1, 0.15) is 40.7 Å². The second kappa shape index (κ2) is 8.90. The summed E-state index contributed by atoms with van der Waals surface area (Å²) in [6.07, 6.45) is -2.33. The molecule has 0 bridgehead atoms. The summed E-state index contributed by atoms with van der Waals surface area (Å²) in [5, 5.41) is 5.58. The molecule has 1 aromatic carbocycles. The van der Waals surface area contributed by atoms with Crippen LogP contribution in [-0.2, 0) is 0 Å². The molecule has 0 amide bonds. The van der Waals surface area contributed by atoms with Crippen molar-refractivity contribution in [3.8, 4) is 16.9 Å². The molecule has 178 valence electrons. The lowest BCUT2D eigenvalue weighted by molar-refractivity contribution is -0.138. The third kappa shape index (κ3) is 4.54. The Labute approximate surface area is 190 Å². The van der Waals surface area contributed by atoms with Gasteiger partial charge in [0.25, 0.3) is 5.78 Å². The summed E-state index contributed by atoms with van der Waals surface area (Å²) in [7, 11) is 0. The summed E-state index contributed by atoms with van der Waals surface area (Å²) in [5.74, 6) is -2.73. The lowest BCUT2D eigenvalue weighted by Crippen LogP contribution is -2.47. The Bertz CT molecular complexity index is 1140. The summed E-state index contributed by atoms with van der Waals surface area (Å²) in [6, 6.07) is -0.142. The van der Waals surface area contributed by atoms with Crippen molar-refractivity contribution in [3.05, 3.63) is 35.2 Å². The van der Waals surface area contributed by atoms with Gasteiger partial charge in [-0.1, -0.05) is 18.5 Å². The van der Waals surface area contributed by atoms with Crippen LogP contribution in [0.3, 0.4) is 0 Å². The molecule has 1 aliphatic rings. The average molecular weight is 491 g/mol. The molecule has 1 aliphatic heterocycles. The number of likely N-dealkylation sites (tertiary alicyclic amines) is 1. The minimum Gasteiger partial charge on any atom is -0.475 e. The molecule has 33 heavy (non-hydrogen) atoms. The number of aromatic nitrogens is 4. The molecule has 2 atom stereocenters. The van der Waals surface area contributed by atoms with Gasteiger partial charge in [0, 0.05) is 25.2 Å². The second-order valence-electron chi connectivity index (χ2n) is 7.64. The Morgan fingerprint density at radius 2 is 1.85 bits per heavy atom. The molecule has 1 fully saturated rings. The van der Waals surface area contributed by atoms with Crippen LogP contribution in [0, 0.1) is 11.6 Å². The summed E-state index contributed by atoms with van der Waals surface area (Å²) in [5.41, 5.74) is -1.08. The molecule has 13 heteroatoms. The second-order valence-corrected chi connectivity index (χ2v) is 8.00. The zero-order valence-corrected chi connectivity index (χ0v) is 18.4. The van der Waals surface area contributed by atoms with Crippen LogP contribution in [0.15, 0.2) is 18.5 Å². The fourth-order valence-corrected chi connectivity index (χ4v) is 3.78. The normalized spacial score (nSPS) is 16.5. The molecule has 2 aromatic heterocycles. The molecule has 3 heterocycles. The molecule has 0 radical (unpaired) electrons. The van der Waals surface area contributed by atoms with Crippen molar-refractivity contribution in [1.82, 2.24) is 24.5 Å². The van der Waals surface area contributed by atoms with E-state index in [0.29, 0.717) is 6.42 Å². The Balaban J connectivity index is 1.79. The predicted molar refractivity (Wildman–Crippen MR) is 111 cm³/mol. The minimum atomic E-state index is -4.65. The van der Waals surface area contributed by atoms with Crippen molar-refractivity contribution in [2.24, 2.45) is 0 Å². The van der Waals surface area contributed by atoms with Crippen LogP contribution >= 0.6 is 11.6 Å². The van der Waals surface area contributed by atoms with Gasteiger partial charge in [-0.2, -0.15) is 32.8 Å². The molecule has 1 saturated heterocycles. The molecule has 1 N–H and O–H groups in total. The van der Waals surface area contributed by atoms with Crippen LogP contribution in [0.2, 0.25) is 5.15 Å². The molecular formula is C20H20ClF5N6O. The first kappa shape index (κ1) is 23.4. The highest BCUT2D eigenvalue weighted by Gasteiger charge is 2.38. The highest BCUT2D eigenvalue weighted by atomic mass is 35.5. The fourth-order valence-electron chi connectivity index (χ4n) is 3.52. The number of hydrogen-bond donors (Lipinski definition) is 1. The molecule has 0 spiro atoms. The highest BCUT2D eigenvalue weighted by Crippen LogP contribution is 2.40. The van der Waals surface area contributed by atoms with Crippen molar-refractivity contribution in [2.45, 2.75) is 45.1 Å². The lowest BCUT2D eigenvalue weighted by Gasteiger charge is -2.37. The van der Waals surface area contributed by atoms with E-state index in [1.54, 1.807) is 0 Å². The van der Waals surface area contributed by atoms with Gasteiger partial charge in [-0.15, -0.1) is 0 Å². The Morgan fingerprint density at radius 1 is 1.18 bits per heavy atom. The van der Waals surface area contributed by atoms with Gasteiger partial charge in [-0.25, -0.2) is 8.78 Å². The first-order chi connectivity index (χ1) is 15.6. The number of ether oxygens (including phenoxy) is 1. The van der Waals surface area contributed by atoms with Gasteiger partial charge in [-0.05, 0) is 19.8 Å². The predicted octanol–water partition coefficient (Wildman–Crippen LogP) is 4.91. The van der Waals surface area contributed by atoms with E-state index in [0.717, 1.165) is 49.4 Å². The number of nitrogens with zero attached hydrogens (tertiary/aromatic N) is 5. The van der Waals surface area contributed by atoms with E-state index in [9.17, 15) is 13.2 Å². The van der Waals surface area contributed by atoms with E-state index in [4.69, 9.17) is 16.3 Å². The lowest BCUT2D eigenvalue weighted by atomic mass is 10.1. The minimum absolute atomic E-state index is 0.0448. The summed E-state index contributed by atoms with van der Waals surface area (Å²) < 4.78 is 76.7. The van der Waals surface area contributed by atoms with Crippen LogP contribution in [0.25, 0.3) is 16.9 Å². The molecule has 3 aromatic rings. The molecule has 0 aliphatic carbocycles. The molecular weight excluding hydrogens is 471 g/mol. The number of halogens is 6. The zero-order valence-electron chi connectivity index (χ0n) is 17.6. The van der Waals surface area contributed by atoms with Crippen molar-refractivity contribution >= 4 is 23.2 Å². The third-order valence-electron chi connectivity index (χ3n) is 5.41. The van der Waals surface area contributed by atoms with Crippen LogP contribution < -0.4 is 10.1 Å². The van der Waals surface area contributed by atoms with E-state index in [1.807, 2.05) is 11.8 Å². The maximum Gasteiger partial charge on any atom is 0.408 e. The number of anilines is 1. The van der Waals surface area contributed by atoms with Crippen LogP contribution in [0.5, 0.6) is 5.75 Å². The summed E-state index contributed by atoms with van der Waals surface area (Å²) >= 11 is 6.17. The topological polar surface area (TPSA) is 67.6 Å². The van der Waals surface area contributed by atoms with Crippen LogP contribution in [0.1, 0.15) is 26.7 Å². The Hall–Kier alpha value is -2.73. The highest BCUT2D eigenvalue weighted by molar-refractivity contribution is 6.33. The molecule has 1 unspecified atom stereocenters. The van der Waals surface area contributed by atoms with E-state index in [-0.39, 0.29) is 17.8 Å². The van der Waals surface area contributed by atoms with Gasteiger partial charge >= 0.3 is 6.18 Å².